The van der Waals surface area contributed by atoms with Crippen molar-refractivity contribution in [3.63, 3.8) is 0 Å². The highest BCUT2D eigenvalue weighted by Gasteiger charge is 2.04. The van der Waals surface area contributed by atoms with Crippen molar-refractivity contribution in [3.8, 4) is 11.5 Å². The van der Waals surface area contributed by atoms with Crippen LogP contribution in [0.4, 0.5) is 0 Å². The molecule has 21 heavy (non-hydrogen) atoms. The fraction of sp³-hybridized carbons (Fsp3) is 0.625. The van der Waals surface area contributed by atoms with Crippen LogP contribution in [0.25, 0.3) is 0 Å². The van der Waals surface area contributed by atoms with E-state index in [0.717, 1.165) is 57.3 Å². The van der Waals surface area contributed by atoms with E-state index in [1.807, 2.05) is 12.1 Å². The molecule has 120 valence electrons. The Labute approximate surface area is 127 Å². The van der Waals surface area contributed by atoms with Crippen LogP contribution in [-0.2, 0) is 15.9 Å². The largest absolute Gasteiger partial charge is 0.493 e. The molecule has 0 atom stereocenters. The van der Waals surface area contributed by atoms with Crippen LogP contribution in [0.15, 0.2) is 18.2 Å². The van der Waals surface area contributed by atoms with Gasteiger partial charge in [0.05, 0.1) is 20.8 Å². The third-order valence-corrected chi connectivity index (χ3v) is 3.10. The Balaban J connectivity index is 2.12. The lowest BCUT2D eigenvalue weighted by Gasteiger charge is -2.10. The van der Waals surface area contributed by atoms with Gasteiger partial charge in [-0.25, -0.2) is 0 Å². The molecule has 0 radical (unpaired) electrons. The number of methoxy groups -OCH3 is 3. The van der Waals surface area contributed by atoms with Gasteiger partial charge in [0.2, 0.25) is 0 Å². The first kappa shape index (κ1) is 17.8. The average Bonchev–Trinajstić information content (AvgIpc) is 2.53. The summed E-state index contributed by atoms with van der Waals surface area (Å²) in [6.45, 7) is 4.02. The van der Waals surface area contributed by atoms with Gasteiger partial charge in [-0.2, -0.15) is 0 Å². The molecule has 0 aromatic heterocycles. The molecule has 1 rings (SSSR count). The minimum absolute atomic E-state index is 0.732. The van der Waals surface area contributed by atoms with Crippen molar-refractivity contribution >= 4 is 0 Å². The predicted molar refractivity (Wildman–Crippen MR) is 83.4 cm³/mol. The third-order valence-electron chi connectivity index (χ3n) is 3.10. The molecular weight excluding hydrogens is 270 g/mol. The lowest BCUT2D eigenvalue weighted by molar-refractivity contribution is 0.104. The number of rotatable bonds is 12. The molecule has 0 fully saturated rings. The minimum Gasteiger partial charge on any atom is -0.493 e. The van der Waals surface area contributed by atoms with E-state index in [-0.39, 0.29) is 0 Å². The summed E-state index contributed by atoms with van der Waals surface area (Å²) in [6.07, 6.45) is 1.90. The molecule has 5 nitrogen and oxygen atoms in total. The van der Waals surface area contributed by atoms with Crippen LogP contribution in [0.5, 0.6) is 11.5 Å². The summed E-state index contributed by atoms with van der Waals surface area (Å²) >= 11 is 0. The molecule has 1 N–H and O–H groups in total. The molecule has 1 aromatic rings. The molecular formula is C16H27NO4. The van der Waals surface area contributed by atoms with E-state index in [2.05, 4.69) is 11.4 Å². The van der Waals surface area contributed by atoms with Crippen LogP contribution >= 0.6 is 0 Å². The maximum absolute atomic E-state index is 5.48. The van der Waals surface area contributed by atoms with Gasteiger partial charge in [0.15, 0.2) is 11.5 Å². The molecule has 0 aliphatic heterocycles. The Morgan fingerprint density at radius 1 is 0.905 bits per heavy atom. The topological polar surface area (TPSA) is 49.0 Å². The fourth-order valence-corrected chi connectivity index (χ4v) is 1.95. The van der Waals surface area contributed by atoms with E-state index in [1.165, 1.54) is 5.56 Å². The van der Waals surface area contributed by atoms with Gasteiger partial charge in [-0.3, -0.25) is 0 Å². The van der Waals surface area contributed by atoms with Crippen LogP contribution < -0.4 is 14.8 Å². The van der Waals surface area contributed by atoms with Crippen molar-refractivity contribution in [2.45, 2.75) is 12.8 Å². The first-order chi connectivity index (χ1) is 10.3. The smallest absolute Gasteiger partial charge is 0.160 e. The molecule has 1 aromatic carbocycles. The molecule has 0 amide bonds. The number of benzene rings is 1. The summed E-state index contributed by atoms with van der Waals surface area (Å²) in [4.78, 5) is 0. The highest BCUT2D eigenvalue weighted by Crippen LogP contribution is 2.27. The van der Waals surface area contributed by atoms with Gasteiger partial charge in [0, 0.05) is 26.9 Å². The standard InChI is InChI=1S/C16H27NO4/c1-18-10-4-11-21-12-9-17-8-7-14-5-6-15(19-2)16(13-14)20-3/h5-6,13,17H,4,7-12H2,1-3H3. The van der Waals surface area contributed by atoms with Gasteiger partial charge in [0.25, 0.3) is 0 Å². The quantitative estimate of drug-likeness (QED) is 0.597. The molecule has 0 unspecified atom stereocenters. The first-order valence-electron chi connectivity index (χ1n) is 7.30. The van der Waals surface area contributed by atoms with E-state index >= 15 is 0 Å². The van der Waals surface area contributed by atoms with Crippen LogP contribution in [0, 0.1) is 0 Å². The Bertz CT molecular complexity index is 385. The Kier molecular flexibility index (Phi) is 9.61. The van der Waals surface area contributed by atoms with E-state index in [9.17, 15) is 0 Å². The monoisotopic (exact) mass is 297 g/mol. The zero-order chi connectivity index (χ0) is 15.3. The molecule has 0 saturated carbocycles. The van der Waals surface area contributed by atoms with Crippen LogP contribution in [0.2, 0.25) is 0 Å². The highest BCUT2D eigenvalue weighted by molar-refractivity contribution is 5.42. The Hall–Kier alpha value is -1.30. The zero-order valence-electron chi connectivity index (χ0n) is 13.3. The summed E-state index contributed by atoms with van der Waals surface area (Å²) in [6, 6.07) is 6.01. The van der Waals surface area contributed by atoms with Gasteiger partial charge < -0.3 is 24.3 Å². The summed E-state index contributed by atoms with van der Waals surface area (Å²) in [7, 11) is 5.00. The maximum Gasteiger partial charge on any atom is 0.160 e. The molecule has 0 saturated heterocycles. The molecule has 0 bridgehead atoms. The van der Waals surface area contributed by atoms with Crippen LogP contribution in [0.3, 0.4) is 0 Å². The molecule has 0 spiro atoms. The normalized spacial score (nSPS) is 10.6. The van der Waals surface area contributed by atoms with Gasteiger partial charge in [-0.05, 0) is 37.1 Å². The average molecular weight is 297 g/mol. The van der Waals surface area contributed by atoms with E-state index in [1.54, 1.807) is 21.3 Å². The number of hydrogen-bond donors (Lipinski definition) is 1. The van der Waals surface area contributed by atoms with Crippen molar-refractivity contribution < 1.29 is 18.9 Å². The number of nitrogens with one attached hydrogen (secondary N) is 1. The van der Waals surface area contributed by atoms with Crippen molar-refractivity contribution in [2.75, 3.05) is 54.2 Å². The second-order valence-corrected chi connectivity index (χ2v) is 4.65. The van der Waals surface area contributed by atoms with Gasteiger partial charge in [-0.15, -0.1) is 0 Å². The van der Waals surface area contributed by atoms with E-state index in [4.69, 9.17) is 18.9 Å². The summed E-state index contributed by atoms with van der Waals surface area (Å²) in [5, 5.41) is 3.36. The Morgan fingerprint density at radius 3 is 2.43 bits per heavy atom. The van der Waals surface area contributed by atoms with Crippen molar-refractivity contribution in [2.24, 2.45) is 0 Å². The van der Waals surface area contributed by atoms with Gasteiger partial charge in [0.1, 0.15) is 0 Å². The minimum atomic E-state index is 0.732. The van der Waals surface area contributed by atoms with Crippen molar-refractivity contribution in [1.29, 1.82) is 0 Å². The lowest BCUT2D eigenvalue weighted by atomic mass is 10.1. The van der Waals surface area contributed by atoms with Gasteiger partial charge in [-0.1, -0.05) is 6.07 Å². The van der Waals surface area contributed by atoms with Crippen molar-refractivity contribution in [1.82, 2.24) is 5.32 Å². The predicted octanol–water partition coefficient (Wildman–Crippen LogP) is 1.89. The fourth-order valence-electron chi connectivity index (χ4n) is 1.95. The number of ether oxygens (including phenoxy) is 4. The number of hydrogen-bond acceptors (Lipinski definition) is 5. The van der Waals surface area contributed by atoms with E-state index < -0.39 is 0 Å². The van der Waals surface area contributed by atoms with Gasteiger partial charge >= 0.3 is 0 Å². The Morgan fingerprint density at radius 2 is 1.71 bits per heavy atom. The summed E-state index contributed by atoms with van der Waals surface area (Å²) in [5.74, 6) is 1.54. The molecule has 0 aliphatic carbocycles. The van der Waals surface area contributed by atoms with E-state index in [0.29, 0.717) is 0 Å². The second kappa shape index (κ2) is 11.4. The third kappa shape index (κ3) is 7.32. The zero-order valence-corrected chi connectivity index (χ0v) is 13.3. The molecule has 0 heterocycles. The molecule has 5 heteroatoms. The van der Waals surface area contributed by atoms with Crippen LogP contribution in [0.1, 0.15) is 12.0 Å². The SMILES string of the molecule is COCCCOCCNCCc1ccc(OC)c(OC)c1. The summed E-state index contributed by atoms with van der Waals surface area (Å²) < 4.78 is 20.9. The molecule has 0 aliphatic rings. The van der Waals surface area contributed by atoms with Crippen LogP contribution in [-0.4, -0.2) is 54.2 Å². The highest BCUT2D eigenvalue weighted by atomic mass is 16.5. The van der Waals surface area contributed by atoms with Crippen molar-refractivity contribution in [3.05, 3.63) is 23.8 Å². The summed E-state index contributed by atoms with van der Waals surface area (Å²) in [5.41, 5.74) is 1.22. The lowest BCUT2D eigenvalue weighted by Crippen LogP contribution is -2.22. The maximum atomic E-state index is 5.48. The first-order valence-corrected chi connectivity index (χ1v) is 7.30. The second-order valence-electron chi connectivity index (χ2n) is 4.65.